The summed E-state index contributed by atoms with van der Waals surface area (Å²) in [5.74, 6) is 0. The van der Waals surface area contributed by atoms with E-state index in [-0.39, 0.29) is 0 Å². The van der Waals surface area contributed by atoms with Gasteiger partial charge in [0.2, 0.25) is 0 Å². The van der Waals surface area contributed by atoms with Gasteiger partial charge in [-0.15, -0.1) is 0 Å². The standard InChI is InChI=1S/C12H19N/c1-4-12(13-5-2)11-8-6-10(3)7-9-11/h6-9,12-13H,4-5H2,1-3H3/t12-/m1/s1. The Hall–Kier alpha value is -0.820. The van der Waals surface area contributed by atoms with Crippen LogP contribution >= 0.6 is 0 Å². The van der Waals surface area contributed by atoms with Gasteiger partial charge in [0.25, 0.3) is 0 Å². The van der Waals surface area contributed by atoms with Crippen molar-refractivity contribution in [1.29, 1.82) is 0 Å². The third-order valence-electron chi connectivity index (χ3n) is 2.34. The van der Waals surface area contributed by atoms with Crippen LogP contribution in [0.15, 0.2) is 24.3 Å². The lowest BCUT2D eigenvalue weighted by Gasteiger charge is -2.16. The summed E-state index contributed by atoms with van der Waals surface area (Å²) in [7, 11) is 0. The molecule has 0 amide bonds. The minimum absolute atomic E-state index is 0.519. The Morgan fingerprint density at radius 1 is 1.15 bits per heavy atom. The molecule has 0 saturated heterocycles. The van der Waals surface area contributed by atoms with Crippen LogP contribution in [0.5, 0.6) is 0 Å². The van der Waals surface area contributed by atoms with Gasteiger partial charge in [0.15, 0.2) is 0 Å². The van der Waals surface area contributed by atoms with E-state index in [0.29, 0.717) is 6.04 Å². The maximum Gasteiger partial charge on any atom is 0.0317 e. The van der Waals surface area contributed by atoms with Crippen molar-refractivity contribution in [2.75, 3.05) is 6.54 Å². The maximum atomic E-state index is 3.47. The minimum atomic E-state index is 0.519. The molecule has 0 bridgehead atoms. The molecule has 0 heterocycles. The second-order valence-electron chi connectivity index (χ2n) is 3.43. The quantitative estimate of drug-likeness (QED) is 0.745. The van der Waals surface area contributed by atoms with Gasteiger partial charge in [0.05, 0.1) is 0 Å². The average Bonchev–Trinajstić information content (AvgIpc) is 2.16. The number of hydrogen-bond acceptors (Lipinski definition) is 1. The van der Waals surface area contributed by atoms with Gasteiger partial charge < -0.3 is 5.32 Å². The maximum absolute atomic E-state index is 3.47. The monoisotopic (exact) mass is 177 g/mol. The number of rotatable bonds is 4. The van der Waals surface area contributed by atoms with Crippen molar-refractivity contribution < 1.29 is 0 Å². The third kappa shape index (κ3) is 2.85. The summed E-state index contributed by atoms with van der Waals surface area (Å²) >= 11 is 0. The molecule has 1 aromatic carbocycles. The van der Waals surface area contributed by atoms with Gasteiger partial charge in [-0.05, 0) is 25.5 Å². The molecule has 0 saturated carbocycles. The fourth-order valence-corrected chi connectivity index (χ4v) is 1.54. The molecule has 0 aliphatic heterocycles. The SMILES string of the molecule is CCN[C@H](CC)c1ccc(C)cc1. The lowest BCUT2D eigenvalue weighted by Crippen LogP contribution is -2.19. The summed E-state index contributed by atoms with van der Waals surface area (Å²) in [5.41, 5.74) is 2.73. The second-order valence-corrected chi connectivity index (χ2v) is 3.43. The molecule has 1 aromatic rings. The molecule has 0 aromatic heterocycles. The summed E-state index contributed by atoms with van der Waals surface area (Å²) in [5, 5.41) is 3.47. The van der Waals surface area contributed by atoms with Crippen molar-refractivity contribution in [2.45, 2.75) is 33.2 Å². The molecule has 72 valence electrons. The summed E-state index contributed by atoms with van der Waals surface area (Å²) in [6, 6.07) is 9.30. The lowest BCUT2D eigenvalue weighted by molar-refractivity contribution is 0.537. The van der Waals surface area contributed by atoms with Gasteiger partial charge in [0.1, 0.15) is 0 Å². The number of hydrogen-bond donors (Lipinski definition) is 1. The molecule has 0 fully saturated rings. The summed E-state index contributed by atoms with van der Waals surface area (Å²) in [4.78, 5) is 0. The predicted octanol–water partition coefficient (Wildman–Crippen LogP) is 3.06. The first-order valence-electron chi connectivity index (χ1n) is 5.07. The summed E-state index contributed by atoms with van der Waals surface area (Å²) in [6.45, 7) is 7.52. The van der Waals surface area contributed by atoms with Gasteiger partial charge in [-0.2, -0.15) is 0 Å². The Morgan fingerprint density at radius 3 is 2.23 bits per heavy atom. The third-order valence-corrected chi connectivity index (χ3v) is 2.34. The predicted molar refractivity (Wildman–Crippen MR) is 57.9 cm³/mol. The van der Waals surface area contributed by atoms with E-state index < -0.39 is 0 Å². The minimum Gasteiger partial charge on any atom is -0.310 e. The largest absolute Gasteiger partial charge is 0.310 e. The van der Waals surface area contributed by atoms with Gasteiger partial charge >= 0.3 is 0 Å². The van der Waals surface area contributed by atoms with Crippen LogP contribution in [0, 0.1) is 6.92 Å². The first-order valence-corrected chi connectivity index (χ1v) is 5.07. The van der Waals surface area contributed by atoms with E-state index in [4.69, 9.17) is 0 Å². The second kappa shape index (κ2) is 5.03. The molecule has 1 rings (SSSR count). The molecule has 1 heteroatoms. The van der Waals surface area contributed by atoms with Crippen LogP contribution in [0.2, 0.25) is 0 Å². The fraction of sp³-hybridized carbons (Fsp3) is 0.500. The topological polar surface area (TPSA) is 12.0 Å². The molecule has 0 aliphatic carbocycles. The fourth-order valence-electron chi connectivity index (χ4n) is 1.54. The van der Waals surface area contributed by atoms with E-state index in [1.807, 2.05) is 0 Å². The molecule has 1 nitrogen and oxygen atoms in total. The number of benzene rings is 1. The van der Waals surface area contributed by atoms with Crippen LogP contribution in [-0.2, 0) is 0 Å². The van der Waals surface area contributed by atoms with Gasteiger partial charge in [-0.3, -0.25) is 0 Å². The smallest absolute Gasteiger partial charge is 0.0317 e. The Kier molecular flexibility index (Phi) is 3.97. The van der Waals surface area contributed by atoms with Gasteiger partial charge in [-0.1, -0.05) is 43.7 Å². The molecule has 0 unspecified atom stereocenters. The molecule has 13 heavy (non-hydrogen) atoms. The van der Waals surface area contributed by atoms with Crippen LogP contribution in [0.1, 0.15) is 37.4 Å². The van der Waals surface area contributed by atoms with E-state index in [1.165, 1.54) is 11.1 Å². The van der Waals surface area contributed by atoms with Crippen molar-refractivity contribution in [2.24, 2.45) is 0 Å². The highest BCUT2D eigenvalue weighted by atomic mass is 14.9. The average molecular weight is 177 g/mol. The molecule has 0 aliphatic rings. The highest BCUT2D eigenvalue weighted by molar-refractivity contribution is 5.23. The van der Waals surface area contributed by atoms with Crippen molar-refractivity contribution in [1.82, 2.24) is 5.32 Å². The summed E-state index contributed by atoms with van der Waals surface area (Å²) in [6.07, 6.45) is 1.15. The van der Waals surface area contributed by atoms with Crippen LogP contribution in [0.4, 0.5) is 0 Å². The first kappa shape index (κ1) is 10.3. The molecule has 0 spiro atoms. The first-order chi connectivity index (χ1) is 6.27. The highest BCUT2D eigenvalue weighted by Crippen LogP contribution is 2.16. The molecular formula is C12H19N. The Balaban J connectivity index is 2.73. The van der Waals surface area contributed by atoms with Crippen LogP contribution in [0.3, 0.4) is 0 Å². The van der Waals surface area contributed by atoms with E-state index in [2.05, 4.69) is 50.4 Å². The molecule has 1 N–H and O–H groups in total. The normalized spacial score (nSPS) is 12.8. The zero-order chi connectivity index (χ0) is 9.68. The highest BCUT2D eigenvalue weighted by Gasteiger charge is 2.05. The van der Waals surface area contributed by atoms with E-state index in [9.17, 15) is 0 Å². The molecular weight excluding hydrogens is 158 g/mol. The van der Waals surface area contributed by atoms with Crippen molar-refractivity contribution in [3.05, 3.63) is 35.4 Å². The number of nitrogens with one attached hydrogen (secondary N) is 1. The van der Waals surface area contributed by atoms with Crippen molar-refractivity contribution in [3.63, 3.8) is 0 Å². The Labute approximate surface area is 81.2 Å². The molecule has 1 atom stereocenters. The van der Waals surface area contributed by atoms with Gasteiger partial charge in [0, 0.05) is 6.04 Å². The zero-order valence-corrected chi connectivity index (χ0v) is 8.80. The van der Waals surface area contributed by atoms with E-state index >= 15 is 0 Å². The zero-order valence-electron chi connectivity index (χ0n) is 8.80. The molecule has 0 radical (unpaired) electrons. The van der Waals surface area contributed by atoms with Gasteiger partial charge in [-0.25, -0.2) is 0 Å². The lowest BCUT2D eigenvalue weighted by atomic mass is 10.0. The van der Waals surface area contributed by atoms with Crippen molar-refractivity contribution >= 4 is 0 Å². The Bertz CT molecular complexity index is 238. The van der Waals surface area contributed by atoms with E-state index in [1.54, 1.807) is 0 Å². The Morgan fingerprint density at radius 2 is 1.77 bits per heavy atom. The van der Waals surface area contributed by atoms with Crippen LogP contribution < -0.4 is 5.32 Å². The van der Waals surface area contributed by atoms with Crippen LogP contribution in [0.25, 0.3) is 0 Å². The van der Waals surface area contributed by atoms with Crippen molar-refractivity contribution in [3.8, 4) is 0 Å². The van der Waals surface area contributed by atoms with E-state index in [0.717, 1.165) is 13.0 Å². The number of aryl methyl sites for hydroxylation is 1. The van der Waals surface area contributed by atoms with Crippen LogP contribution in [-0.4, -0.2) is 6.54 Å². The summed E-state index contributed by atoms with van der Waals surface area (Å²) < 4.78 is 0.